The van der Waals surface area contributed by atoms with Gasteiger partial charge < -0.3 is 9.47 Å². The highest BCUT2D eigenvalue weighted by molar-refractivity contribution is 5.71. The molecule has 8 heteroatoms. The second kappa shape index (κ2) is 6.02. The maximum atomic E-state index is 12.3. The van der Waals surface area contributed by atoms with Gasteiger partial charge >= 0.3 is 12.7 Å². The van der Waals surface area contributed by atoms with E-state index >= 15 is 0 Å². The molecule has 0 bridgehead atoms. The smallest absolute Gasteiger partial charge is 0.406 e. The molecule has 0 fully saturated rings. The van der Waals surface area contributed by atoms with Crippen LogP contribution in [0.1, 0.15) is 5.56 Å². The molecule has 0 atom stereocenters. The number of benzene rings is 2. The van der Waals surface area contributed by atoms with Crippen LogP contribution >= 0.6 is 0 Å². The Balaban J connectivity index is 2.51. The maximum Gasteiger partial charge on any atom is 0.573 e. The predicted molar refractivity (Wildman–Crippen MR) is 69.7 cm³/mol. The summed E-state index contributed by atoms with van der Waals surface area (Å²) in [5, 5.41) is 0. The van der Waals surface area contributed by atoms with E-state index < -0.39 is 24.2 Å². The molecular weight excluding hydrogens is 326 g/mol. The fourth-order valence-corrected chi connectivity index (χ4v) is 1.91. The minimum absolute atomic E-state index is 0.0524. The summed E-state index contributed by atoms with van der Waals surface area (Å²) < 4.78 is 81.3. The lowest BCUT2D eigenvalue weighted by Gasteiger charge is -2.15. The summed E-state index contributed by atoms with van der Waals surface area (Å²) in [6.07, 6.45) is -10.1. The van der Waals surface area contributed by atoms with E-state index in [4.69, 9.17) is 0 Å². The summed E-state index contributed by atoms with van der Waals surface area (Å²) in [7, 11) is 0. The summed E-state index contributed by atoms with van der Waals surface area (Å²) in [5.41, 5.74) is 0.832. The lowest BCUT2D eigenvalue weighted by atomic mass is 10.0. The van der Waals surface area contributed by atoms with Gasteiger partial charge in [0.25, 0.3) is 0 Å². The van der Waals surface area contributed by atoms with E-state index in [0.29, 0.717) is 17.2 Å². The third kappa shape index (κ3) is 5.08. The number of hydrogen-bond donors (Lipinski definition) is 0. The largest absolute Gasteiger partial charge is 0.573 e. The van der Waals surface area contributed by atoms with Crippen molar-refractivity contribution >= 4 is 0 Å². The number of hydrogen-bond acceptors (Lipinski definition) is 2. The van der Waals surface area contributed by atoms with E-state index in [9.17, 15) is 26.3 Å². The molecule has 0 aliphatic rings. The Hall–Kier alpha value is -2.38. The second-order valence-electron chi connectivity index (χ2n) is 4.45. The molecule has 2 aromatic rings. The molecule has 0 saturated carbocycles. The molecule has 2 rings (SSSR count). The minimum atomic E-state index is -5.04. The standard InChI is InChI=1S/C15H9F6O2/c1-9-4-2-3-5-13(9)10-6-11(22-14(16,17)18)8-12(7-10)23-15(19,20)21/h2-8H,1H2. The maximum absolute atomic E-state index is 12.3. The Labute approximate surface area is 127 Å². The van der Waals surface area contributed by atoms with Gasteiger partial charge in [0.15, 0.2) is 0 Å². The number of rotatable bonds is 3. The molecule has 0 saturated heterocycles. The number of ether oxygens (including phenoxy) is 2. The SMILES string of the molecule is [CH2]c1ccccc1-c1cc(OC(F)(F)F)cc(OC(F)(F)F)c1. The van der Waals surface area contributed by atoms with Crippen LogP contribution < -0.4 is 9.47 Å². The van der Waals surface area contributed by atoms with Crippen molar-refractivity contribution in [2.75, 3.05) is 0 Å². The molecule has 1 radical (unpaired) electrons. The highest BCUT2D eigenvalue weighted by atomic mass is 19.4. The summed E-state index contributed by atoms with van der Waals surface area (Å²) in [5.74, 6) is -1.64. The van der Waals surface area contributed by atoms with E-state index in [1.165, 1.54) is 6.07 Å². The van der Waals surface area contributed by atoms with Gasteiger partial charge in [-0.2, -0.15) is 0 Å². The number of alkyl halides is 6. The lowest BCUT2D eigenvalue weighted by Crippen LogP contribution is -2.19. The molecule has 2 aromatic carbocycles. The summed E-state index contributed by atoms with van der Waals surface area (Å²) in [4.78, 5) is 0. The quantitative estimate of drug-likeness (QED) is 0.706. The average molecular weight is 335 g/mol. The van der Waals surface area contributed by atoms with Crippen LogP contribution in [-0.2, 0) is 0 Å². The molecule has 0 heterocycles. The van der Waals surface area contributed by atoms with E-state index in [2.05, 4.69) is 16.4 Å². The van der Waals surface area contributed by atoms with Gasteiger partial charge in [0.2, 0.25) is 0 Å². The number of halogens is 6. The van der Waals surface area contributed by atoms with Crippen molar-refractivity contribution in [3.8, 4) is 22.6 Å². The van der Waals surface area contributed by atoms with E-state index in [1.54, 1.807) is 18.2 Å². The average Bonchev–Trinajstić information content (AvgIpc) is 2.34. The van der Waals surface area contributed by atoms with E-state index in [1.807, 2.05) is 0 Å². The van der Waals surface area contributed by atoms with Crippen molar-refractivity contribution in [2.24, 2.45) is 0 Å². The van der Waals surface area contributed by atoms with E-state index in [0.717, 1.165) is 12.1 Å². The van der Waals surface area contributed by atoms with Crippen LogP contribution in [0.3, 0.4) is 0 Å². The Kier molecular flexibility index (Phi) is 4.44. The van der Waals surface area contributed by atoms with Gasteiger partial charge in [0, 0.05) is 6.07 Å². The van der Waals surface area contributed by atoms with Gasteiger partial charge in [-0.05, 0) is 35.7 Å². The van der Waals surface area contributed by atoms with Crippen molar-refractivity contribution in [3.05, 3.63) is 55.0 Å². The Morgan fingerprint density at radius 1 is 0.739 bits per heavy atom. The molecule has 0 aliphatic heterocycles. The Morgan fingerprint density at radius 3 is 1.65 bits per heavy atom. The molecule has 2 nitrogen and oxygen atoms in total. The van der Waals surface area contributed by atoms with Gasteiger partial charge in [-0.15, -0.1) is 26.3 Å². The van der Waals surface area contributed by atoms with Gasteiger partial charge in [-0.1, -0.05) is 24.3 Å². The van der Waals surface area contributed by atoms with Crippen molar-refractivity contribution in [2.45, 2.75) is 12.7 Å². The first-order valence-electron chi connectivity index (χ1n) is 6.11. The van der Waals surface area contributed by atoms with Crippen LogP contribution in [0.2, 0.25) is 0 Å². The first-order valence-corrected chi connectivity index (χ1v) is 6.11. The zero-order valence-corrected chi connectivity index (χ0v) is 11.3. The highest BCUT2D eigenvalue weighted by Gasteiger charge is 2.34. The first-order chi connectivity index (χ1) is 10.5. The molecule has 0 N–H and O–H groups in total. The molecule has 0 aliphatic carbocycles. The summed E-state index contributed by atoms with van der Waals surface area (Å²) >= 11 is 0. The molecule has 23 heavy (non-hydrogen) atoms. The van der Waals surface area contributed by atoms with E-state index in [-0.39, 0.29) is 5.56 Å². The van der Waals surface area contributed by atoms with Crippen molar-refractivity contribution in [1.29, 1.82) is 0 Å². The van der Waals surface area contributed by atoms with Gasteiger partial charge in [0.1, 0.15) is 11.5 Å². The molecule has 0 spiro atoms. The third-order valence-corrected chi connectivity index (χ3v) is 2.68. The summed E-state index contributed by atoms with van der Waals surface area (Å²) in [6.45, 7) is 3.68. The fourth-order valence-electron chi connectivity index (χ4n) is 1.91. The van der Waals surface area contributed by atoms with Crippen molar-refractivity contribution < 1.29 is 35.8 Å². The fraction of sp³-hybridized carbons (Fsp3) is 0.133. The summed E-state index contributed by atoms with van der Waals surface area (Å²) in [6, 6.07) is 8.71. The monoisotopic (exact) mass is 335 g/mol. The molecule has 0 aromatic heterocycles. The van der Waals surface area contributed by atoms with Crippen LogP contribution in [0, 0.1) is 6.92 Å². The van der Waals surface area contributed by atoms with Crippen molar-refractivity contribution in [1.82, 2.24) is 0 Å². The molecule has 123 valence electrons. The molecule has 0 amide bonds. The zero-order valence-electron chi connectivity index (χ0n) is 11.3. The van der Waals surface area contributed by atoms with Gasteiger partial charge in [-0.3, -0.25) is 0 Å². The molecule has 0 unspecified atom stereocenters. The Bertz CT molecular complexity index is 657. The Morgan fingerprint density at radius 2 is 1.22 bits per heavy atom. The van der Waals surface area contributed by atoms with Crippen LogP contribution in [0.5, 0.6) is 11.5 Å². The topological polar surface area (TPSA) is 18.5 Å². The van der Waals surface area contributed by atoms with Crippen LogP contribution in [-0.4, -0.2) is 12.7 Å². The highest BCUT2D eigenvalue weighted by Crippen LogP contribution is 2.35. The lowest BCUT2D eigenvalue weighted by molar-refractivity contribution is -0.276. The predicted octanol–water partition coefficient (Wildman–Crippen LogP) is 5.33. The zero-order chi connectivity index (χ0) is 17.3. The first kappa shape index (κ1) is 17.0. The molecular formula is C15H9F6O2. The van der Waals surface area contributed by atoms with Crippen LogP contribution in [0.4, 0.5) is 26.3 Å². The minimum Gasteiger partial charge on any atom is -0.406 e. The normalized spacial score (nSPS) is 12.1. The van der Waals surface area contributed by atoms with Crippen LogP contribution in [0.15, 0.2) is 42.5 Å². The van der Waals surface area contributed by atoms with Crippen molar-refractivity contribution in [3.63, 3.8) is 0 Å². The van der Waals surface area contributed by atoms with Crippen LogP contribution in [0.25, 0.3) is 11.1 Å². The second-order valence-corrected chi connectivity index (χ2v) is 4.45. The van der Waals surface area contributed by atoms with Gasteiger partial charge in [-0.25, -0.2) is 0 Å². The van der Waals surface area contributed by atoms with Gasteiger partial charge in [0.05, 0.1) is 0 Å². The third-order valence-electron chi connectivity index (χ3n) is 2.68.